The second-order valence-electron chi connectivity index (χ2n) is 6.02. The molecular weight excluding hydrogens is 418 g/mol. The van der Waals surface area contributed by atoms with Crippen LogP contribution in [0.2, 0.25) is 0 Å². The van der Waals surface area contributed by atoms with Crippen LogP contribution < -0.4 is 4.72 Å². The molecule has 0 spiro atoms. The van der Waals surface area contributed by atoms with E-state index >= 15 is 0 Å². The van der Waals surface area contributed by atoms with Gasteiger partial charge in [0.2, 0.25) is 10.0 Å². The molecule has 0 aliphatic heterocycles. The summed E-state index contributed by atoms with van der Waals surface area (Å²) >= 11 is 3.41. The van der Waals surface area contributed by atoms with Crippen LogP contribution in [0.15, 0.2) is 57.9 Å². The largest absolute Gasteiger partial charge is 0.481 e. The number of aliphatic carboxylic acids is 1. The van der Waals surface area contributed by atoms with E-state index in [1.807, 2.05) is 36.4 Å². The molecule has 0 saturated heterocycles. The van der Waals surface area contributed by atoms with E-state index < -0.39 is 16.0 Å². The first-order valence-electron chi connectivity index (χ1n) is 8.42. The van der Waals surface area contributed by atoms with Crippen molar-refractivity contribution >= 4 is 31.9 Å². The zero-order chi connectivity index (χ0) is 19.0. The Morgan fingerprint density at radius 1 is 1.04 bits per heavy atom. The number of hydrogen-bond donors (Lipinski definition) is 2. The minimum atomic E-state index is -3.62. The van der Waals surface area contributed by atoms with Gasteiger partial charge in [-0.2, -0.15) is 0 Å². The Kier molecular flexibility index (Phi) is 7.81. The third-order valence-electron chi connectivity index (χ3n) is 3.91. The van der Waals surface area contributed by atoms with Gasteiger partial charge in [0.05, 0.1) is 4.90 Å². The lowest BCUT2D eigenvalue weighted by molar-refractivity contribution is -0.137. The zero-order valence-electron chi connectivity index (χ0n) is 14.3. The highest BCUT2D eigenvalue weighted by Crippen LogP contribution is 2.23. The summed E-state index contributed by atoms with van der Waals surface area (Å²) in [6.07, 6.45) is 2.47. The number of hydrogen-bond acceptors (Lipinski definition) is 3. The second kappa shape index (κ2) is 9.85. The molecule has 0 radical (unpaired) electrons. The molecule has 0 amide bonds. The van der Waals surface area contributed by atoms with Crippen molar-refractivity contribution in [1.29, 1.82) is 0 Å². The fourth-order valence-corrected chi connectivity index (χ4v) is 4.33. The summed E-state index contributed by atoms with van der Waals surface area (Å²) < 4.78 is 28.8. The summed E-state index contributed by atoms with van der Waals surface area (Å²) in [5, 5.41) is 8.61. The minimum absolute atomic E-state index is 0.112. The van der Waals surface area contributed by atoms with Crippen LogP contribution in [-0.4, -0.2) is 26.0 Å². The Bertz CT molecular complexity index is 838. The number of nitrogens with one attached hydrogen (secondary N) is 1. The van der Waals surface area contributed by atoms with Gasteiger partial charge in [-0.15, -0.1) is 0 Å². The van der Waals surface area contributed by atoms with E-state index in [-0.39, 0.29) is 11.3 Å². The number of rotatable bonds is 10. The fourth-order valence-electron chi connectivity index (χ4n) is 2.63. The predicted molar refractivity (Wildman–Crippen MR) is 105 cm³/mol. The van der Waals surface area contributed by atoms with E-state index in [9.17, 15) is 13.2 Å². The predicted octanol–water partition coefficient (Wildman–Crippen LogP) is 3.96. The Balaban J connectivity index is 2.05. The third kappa shape index (κ3) is 6.55. The number of halogens is 1. The van der Waals surface area contributed by atoms with Crippen molar-refractivity contribution in [3.63, 3.8) is 0 Å². The summed E-state index contributed by atoms with van der Waals surface area (Å²) in [4.78, 5) is 10.7. The molecule has 0 fully saturated rings. The molecule has 5 nitrogen and oxygen atoms in total. The summed E-state index contributed by atoms with van der Waals surface area (Å²) in [5.74, 6) is -0.828. The fraction of sp³-hybridized carbons (Fsp3) is 0.316. The number of carboxylic acids is 1. The number of sulfonamides is 1. The van der Waals surface area contributed by atoms with Gasteiger partial charge in [-0.3, -0.25) is 4.79 Å². The first-order valence-corrected chi connectivity index (χ1v) is 10.7. The monoisotopic (exact) mass is 439 g/mol. The van der Waals surface area contributed by atoms with Crippen LogP contribution >= 0.6 is 15.9 Å². The molecule has 0 unspecified atom stereocenters. The molecule has 2 rings (SSSR count). The van der Waals surface area contributed by atoms with E-state index in [1.54, 1.807) is 12.1 Å². The molecule has 0 aliphatic carbocycles. The quantitative estimate of drug-likeness (QED) is 0.548. The van der Waals surface area contributed by atoms with Crippen LogP contribution in [0.5, 0.6) is 0 Å². The van der Waals surface area contributed by atoms with E-state index in [1.165, 1.54) is 0 Å². The Morgan fingerprint density at radius 2 is 1.77 bits per heavy atom. The molecule has 0 saturated carbocycles. The highest BCUT2D eigenvalue weighted by molar-refractivity contribution is 9.10. The van der Waals surface area contributed by atoms with Crippen molar-refractivity contribution in [2.75, 3.05) is 6.54 Å². The molecule has 26 heavy (non-hydrogen) atoms. The smallest absolute Gasteiger partial charge is 0.303 e. The molecule has 2 aromatic carbocycles. The van der Waals surface area contributed by atoms with E-state index in [0.29, 0.717) is 32.2 Å². The van der Waals surface area contributed by atoms with Crippen molar-refractivity contribution in [1.82, 2.24) is 4.72 Å². The van der Waals surface area contributed by atoms with Crippen molar-refractivity contribution in [3.8, 4) is 0 Å². The first-order chi connectivity index (χ1) is 12.4. The summed E-state index contributed by atoms with van der Waals surface area (Å²) in [5.41, 5.74) is 1.76. The number of unbranched alkanes of at least 4 members (excludes halogenated alkanes) is 2. The first kappa shape index (κ1) is 20.6. The third-order valence-corrected chi connectivity index (χ3v) is 5.96. The molecule has 7 heteroatoms. The maximum absolute atomic E-state index is 12.7. The molecule has 0 atom stereocenters. The lowest BCUT2D eigenvalue weighted by atomic mass is 10.1. The van der Waals surface area contributed by atoms with Crippen molar-refractivity contribution < 1.29 is 18.3 Å². The number of carboxylic acid groups (broad SMARTS) is 1. The van der Waals surface area contributed by atoms with E-state index in [0.717, 1.165) is 15.6 Å². The van der Waals surface area contributed by atoms with Gasteiger partial charge in [0.1, 0.15) is 0 Å². The Morgan fingerprint density at radius 3 is 2.46 bits per heavy atom. The number of benzene rings is 2. The van der Waals surface area contributed by atoms with E-state index in [2.05, 4.69) is 20.7 Å². The topological polar surface area (TPSA) is 83.5 Å². The molecule has 0 heterocycles. The summed E-state index contributed by atoms with van der Waals surface area (Å²) in [6, 6.07) is 14.9. The summed E-state index contributed by atoms with van der Waals surface area (Å²) in [6.45, 7) is 0.294. The average molecular weight is 440 g/mol. The Labute approximate surface area is 162 Å². The molecule has 140 valence electrons. The van der Waals surface area contributed by atoms with Crippen LogP contribution in [0.25, 0.3) is 0 Å². The maximum Gasteiger partial charge on any atom is 0.303 e. The SMILES string of the molecule is O=C(O)CCCCCNS(=O)(=O)c1ccc(Br)cc1Cc1ccccc1. The lowest BCUT2D eigenvalue weighted by Crippen LogP contribution is -2.26. The lowest BCUT2D eigenvalue weighted by Gasteiger charge is -2.12. The van der Waals surface area contributed by atoms with E-state index in [4.69, 9.17) is 5.11 Å². The van der Waals surface area contributed by atoms with Gasteiger partial charge in [0.15, 0.2) is 0 Å². The molecule has 0 aliphatic rings. The molecule has 2 aromatic rings. The van der Waals surface area contributed by atoms with Crippen molar-refractivity contribution in [3.05, 3.63) is 64.1 Å². The van der Waals surface area contributed by atoms with Gasteiger partial charge in [-0.1, -0.05) is 52.7 Å². The van der Waals surface area contributed by atoms with Crippen LogP contribution in [0, 0.1) is 0 Å². The summed E-state index contributed by atoms with van der Waals surface area (Å²) in [7, 11) is -3.62. The maximum atomic E-state index is 12.7. The highest BCUT2D eigenvalue weighted by atomic mass is 79.9. The van der Waals surface area contributed by atoms with Gasteiger partial charge in [0.25, 0.3) is 0 Å². The average Bonchev–Trinajstić information content (AvgIpc) is 2.58. The van der Waals surface area contributed by atoms with Gasteiger partial charge in [-0.05, 0) is 48.6 Å². The van der Waals surface area contributed by atoms with Gasteiger partial charge in [-0.25, -0.2) is 13.1 Å². The van der Waals surface area contributed by atoms with Gasteiger partial charge in [0, 0.05) is 17.4 Å². The molecule has 2 N–H and O–H groups in total. The van der Waals surface area contributed by atoms with Crippen molar-refractivity contribution in [2.45, 2.75) is 37.0 Å². The molecule has 0 bridgehead atoms. The molecular formula is C19H22BrNO4S. The molecule has 0 aromatic heterocycles. The minimum Gasteiger partial charge on any atom is -0.481 e. The number of carbonyl (C=O) groups is 1. The second-order valence-corrected chi connectivity index (χ2v) is 8.67. The van der Waals surface area contributed by atoms with Crippen LogP contribution in [0.3, 0.4) is 0 Å². The normalized spacial score (nSPS) is 11.4. The highest BCUT2D eigenvalue weighted by Gasteiger charge is 2.18. The zero-order valence-corrected chi connectivity index (χ0v) is 16.7. The van der Waals surface area contributed by atoms with Crippen LogP contribution in [0.4, 0.5) is 0 Å². The standard InChI is InChI=1S/C19H22BrNO4S/c20-17-10-11-18(16(14-17)13-15-7-3-1-4-8-15)26(24,25)21-12-6-2-5-9-19(22)23/h1,3-4,7-8,10-11,14,21H,2,5-6,9,12-13H2,(H,22,23). The Hall–Kier alpha value is -1.70. The van der Waals surface area contributed by atoms with Crippen LogP contribution in [-0.2, 0) is 21.2 Å². The van der Waals surface area contributed by atoms with Gasteiger partial charge < -0.3 is 5.11 Å². The van der Waals surface area contributed by atoms with Gasteiger partial charge >= 0.3 is 5.97 Å². The van der Waals surface area contributed by atoms with Crippen LogP contribution in [0.1, 0.15) is 36.8 Å². The van der Waals surface area contributed by atoms with Crippen molar-refractivity contribution in [2.24, 2.45) is 0 Å².